The minimum Gasteiger partial charge on any atom is -0.462 e. The number of aryl methyl sites for hydroxylation is 1. The van der Waals surface area contributed by atoms with Gasteiger partial charge in [0.2, 0.25) is 5.91 Å². The standard InChI is InChI=1S/C23H22N2O5S2/c1-2-30-22(28)19-15-10-6-7-11-16(15)31-20(19)24-18(26)13-25-21(27)17(32-23(25)29)12-14-8-4-3-5-9-14/h3-5,8-9,12H,2,6-7,10-11,13H2,1H3,(H,24,26)/b17-12-. The van der Waals surface area contributed by atoms with Gasteiger partial charge in [0.1, 0.15) is 11.5 Å². The van der Waals surface area contributed by atoms with Gasteiger partial charge in [-0.15, -0.1) is 11.3 Å². The molecule has 2 heterocycles. The molecule has 0 radical (unpaired) electrons. The molecule has 3 amide bonds. The lowest BCUT2D eigenvalue weighted by molar-refractivity contribution is -0.127. The fourth-order valence-electron chi connectivity index (χ4n) is 3.72. The summed E-state index contributed by atoms with van der Waals surface area (Å²) >= 11 is 2.18. The van der Waals surface area contributed by atoms with Crippen LogP contribution in [0.3, 0.4) is 0 Å². The van der Waals surface area contributed by atoms with Gasteiger partial charge in [-0.25, -0.2) is 4.79 Å². The highest BCUT2D eigenvalue weighted by atomic mass is 32.2. The summed E-state index contributed by atoms with van der Waals surface area (Å²) in [6.45, 7) is 1.56. The number of thioether (sulfide) groups is 1. The third kappa shape index (κ3) is 4.63. The Balaban J connectivity index is 1.50. The molecule has 32 heavy (non-hydrogen) atoms. The zero-order valence-corrected chi connectivity index (χ0v) is 19.1. The fourth-order valence-corrected chi connectivity index (χ4v) is 5.85. The van der Waals surface area contributed by atoms with Gasteiger partial charge >= 0.3 is 5.97 Å². The second kappa shape index (κ2) is 9.70. The van der Waals surface area contributed by atoms with Crippen LogP contribution in [-0.4, -0.2) is 41.1 Å². The monoisotopic (exact) mass is 470 g/mol. The molecule has 166 valence electrons. The molecule has 1 aliphatic heterocycles. The Labute approximate surface area is 193 Å². The van der Waals surface area contributed by atoms with E-state index >= 15 is 0 Å². The van der Waals surface area contributed by atoms with Crippen molar-refractivity contribution in [2.75, 3.05) is 18.5 Å². The summed E-state index contributed by atoms with van der Waals surface area (Å²) in [5, 5.41) is 2.67. The molecule has 2 aromatic rings. The summed E-state index contributed by atoms with van der Waals surface area (Å²) in [7, 11) is 0. The zero-order chi connectivity index (χ0) is 22.7. The Bertz CT molecular complexity index is 1110. The van der Waals surface area contributed by atoms with Gasteiger partial charge < -0.3 is 10.1 Å². The number of carbonyl (C=O) groups is 4. The van der Waals surface area contributed by atoms with Crippen LogP contribution in [0.2, 0.25) is 0 Å². The number of thiophene rings is 1. The molecule has 1 aromatic heterocycles. The van der Waals surface area contributed by atoms with E-state index in [1.165, 1.54) is 11.3 Å². The van der Waals surface area contributed by atoms with Crippen molar-refractivity contribution in [2.24, 2.45) is 0 Å². The van der Waals surface area contributed by atoms with Crippen molar-refractivity contribution >= 4 is 57.2 Å². The largest absolute Gasteiger partial charge is 0.462 e. The highest BCUT2D eigenvalue weighted by molar-refractivity contribution is 8.18. The molecular formula is C23H22N2O5S2. The maximum Gasteiger partial charge on any atom is 0.341 e. The maximum atomic E-state index is 12.7. The second-order valence-electron chi connectivity index (χ2n) is 7.36. The summed E-state index contributed by atoms with van der Waals surface area (Å²) < 4.78 is 5.20. The van der Waals surface area contributed by atoms with Crippen LogP contribution >= 0.6 is 23.1 Å². The summed E-state index contributed by atoms with van der Waals surface area (Å²) in [4.78, 5) is 52.6. The third-order valence-corrected chi connectivity index (χ3v) is 7.29. The van der Waals surface area contributed by atoms with Gasteiger partial charge in [0.15, 0.2) is 0 Å². The number of hydrogen-bond donors (Lipinski definition) is 1. The van der Waals surface area contributed by atoms with E-state index in [1.807, 2.05) is 30.3 Å². The summed E-state index contributed by atoms with van der Waals surface area (Å²) in [6, 6.07) is 9.20. The van der Waals surface area contributed by atoms with E-state index in [9.17, 15) is 19.2 Å². The summed E-state index contributed by atoms with van der Waals surface area (Å²) in [5.74, 6) is -1.49. The normalized spacial score (nSPS) is 16.9. The molecule has 0 bridgehead atoms. The number of ether oxygens (including phenoxy) is 1. The van der Waals surface area contributed by atoms with Crippen molar-refractivity contribution < 1.29 is 23.9 Å². The average molecular weight is 471 g/mol. The van der Waals surface area contributed by atoms with Crippen molar-refractivity contribution in [2.45, 2.75) is 32.6 Å². The van der Waals surface area contributed by atoms with E-state index in [-0.39, 0.29) is 11.5 Å². The molecule has 1 aliphatic carbocycles. The van der Waals surface area contributed by atoms with Gasteiger partial charge in [0.05, 0.1) is 17.1 Å². The molecule has 9 heteroatoms. The van der Waals surface area contributed by atoms with Gasteiger partial charge in [-0.1, -0.05) is 30.3 Å². The predicted octanol–water partition coefficient (Wildman–Crippen LogP) is 4.48. The number of nitrogens with one attached hydrogen (secondary N) is 1. The van der Waals surface area contributed by atoms with Crippen LogP contribution in [0.15, 0.2) is 35.2 Å². The molecule has 0 saturated carbocycles. The van der Waals surface area contributed by atoms with E-state index in [0.717, 1.165) is 58.3 Å². The van der Waals surface area contributed by atoms with Crippen molar-refractivity contribution in [1.29, 1.82) is 0 Å². The number of fused-ring (bicyclic) bond motifs is 1. The van der Waals surface area contributed by atoms with Crippen LogP contribution in [0, 0.1) is 0 Å². The third-order valence-electron chi connectivity index (χ3n) is 5.18. The number of amides is 3. The summed E-state index contributed by atoms with van der Waals surface area (Å²) in [5.41, 5.74) is 2.13. The highest BCUT2D eigenvalue weighted by Crippen LogP contribution is 2.39. The molecule has 0 atom stereocenters. The Kier molecular flexibility index (Phi) is 6.76. The molecule has 1 saturated heterocycles. The molecule has 0 spiro atoms. The first-order chi connectivity index (χ1) is 15.5. The molecule has 0 unspecified atom stereocenters. The predicted molar refractivity (Wildman–Crippen MR) is 125 cm³/mol. The number of esters is 1. The SMILES string of the molecule is CCOC(=O)c1c(NC(=O)CN2C(=O)S/C(=C\c3ccccc3)C2=O)sc2c1CCCC2. The van der Waals surface area contributed by atoms with Gasteiger partial charge in [-0.05, 0) is 61.6 Å². The molecule has 7 nitrogen and oxygen atoms in total. The number of rotatable bonds is 6. The number of benzene rings is 1. The number of carbonyl (C=O) groups excluding carboxylic acids is 4. The van der Waals surface area contributed by atoms with Crippen LogP contribution in [0.5, 0.6) is 0 Å². The lowest BCUT2D eigenvalue weighted by Gasteiger charge is -2.13. The lowest BCUT2D eigenvalue weighted by atomic mass is 9.95. The van der Waals surface area contributed by atoms with E-state index in [4.69, 9.17) is 4.74 Å². The minimum absolute atomic E-state index is 0.237. The molecule has 2 aliphatic rings. The van der Waals surface area contributed by atoms with E-state index in [2.05, 4.69) is 5.32 Å². The maximum absolute atomic E-state index is 12.7. The number of nitrogens with zero attached hydrogens (tertiary/aromatic N) is 1. The second-order valence-corrected chi connectivity index (χ2v) is 9.46. The van der Waals surface area contributed by atoms with E-state index in [1.54, 1.807) is 13.0 Å². The molecular weight excluding hydrogens is 448 g/mol. The molecule has 1 aromatic carbocycles. The molecule has 1 N–H and O–H groups in total. The fraction of sp³-hybridized carbons (Fsp3) is 0.304. The van der Waals surface area contributed by atoms with Crippen LogP contribution in [-0.2, 0) is 27.2 Å². The minimum atomic E-state index is -0.530. The van der Waals surface area contributed by atoms with E-state index < -0.39 is 29.6 Å². The Hall–Kier alpha value is -2.91. The Morgan fingerprint density at radius 1 is 1.16 bits per heavy atom. The summed E-state index contributed by atoms with van der Waals surface area (Å²) in [6.07, 6.45) is 5.27. The molecule has 1 fully saturated rings. The first-order valence-corrected chi connectivity index (χ1v) is 12.0. The van der Waals surface area contributed by atoms with Crippen molar-refractivity contribution in [1.82, 2.24) is 4.90 Å². The number of anilines is 1. The van der Waals surface area contributed by atoms with Gasteiger partial charge in [-0.3, -0.25) is 19.3 Å². The smallest absolute Gasteiger partial charge is 0.341 e. The molecule has 4 rings (SSSR count). The number of hydrogen-bond acceptors (Lipinski definition) is 7. The zero-order valence-electron chi connectivity index (χ0n) is 17.5. The van der Waals surface area contributed by atoms with Crippen molar-refractivity contribution in [3.05, 3.63) is 56.8 Å². The van der Waals surface area contributed by atoms with Crippen LogP contribution in [0.1, 0.15) is 46.1 Å². The van der Waals surface area contributed by atoms with Crippen molar-refractivity contribution in [3.63, 3.8) is 0 Å². The quantitative estimate of drug-likeness (QED) is 0.494. The van der Waals surface area contributed by atoms with Gasteiger partial charge in [0.25, 0.3) is 11.1 Å². The van der Waals surface area contributed by atoms with Crippen LogP contribution < -0.4 is 5.32 Å². The van der Waals surface area contributed by atoms with Crippen LogP contribution in [0.4, 0.5) is 9.80 Å². The Morgan fingerprint density at radius 2 is 1.91 bits per heavy atom. The average Bonchev–Trinajstić information content (AvgIpc) is 3.26. The van der Waals surface area contributed by atoms with Gasteiger partial charge in [-0.2, -0.15) is 0 Å². The first kappa shape index (κ1) is 22.3. The van der Waals surface area contributed by atoms with E-state index in [0.29, 0.717) is 10.6 Å². The number of imide groups is 1. The lowest BCUT2D eigenvalue weighted by Crippen LogP contribution is -2.36. The van der Waals surface area contributed by atoms with Crippen molar-refractivity contribution in [3.8, 4) is 0 Å². The Morgan fingerprint density at radius 3 is 2.66 bits per heavy atom. The van der Waals surface area contributed by atoms with Gasteiger partial charge in [0, 0.05) is 4.88 Å². The van der Waals surface area contributed by atoms with Crippen LogP contribution in [0.25, 0.3) is 6.08 Å². The topological polar surface area (TPSA) is 92.8 Å². The first-order valence-electron chi connectivity index (χ1n) is 10.4. The highest BCUT2D eigenvalue weighted by Gasteiger charge is 2.37.